The molecular weight excluding hydrogens is 474 g/mol. The maximum Gasteiger partial charge on any atom is 0.237 e. The SMILES string of the molecule is O=C1CCCCCN1Cc1nnc(SCc2nc(-c3ccc(Cl)cc3)no2)n1-c1ccccn1. The lowest BCUT2D eigenvalue weighted by Crippen LogP contribution is -2.31. The third-order valence-corrected chi connectivity index (χ3v) is 6.64. The Labute approximate surface area is 205 Å². The minimum atomic E-state index is 0.155. The van der Waals surface area contributed by atoms with E-state index < -0.39 is 0 Å². The van der Waals surface area contributed by atoms with Crippen LogP contribution in [0.25, 0.3) is 17.2 Å². The summed E-state index contributed by atoms with van der Waals surface area (Å²) in [7, 11) is 0. The van der Waals surface area contributed by atoms with Crippen molar-refractivity contribution >= 4 is 29.3 Å². The fourth-order valence-electron chi connectivity index (χ4n) is 3.74. The van der Waals surface area contributed by atoms with E-state index >= 15 is 0 Å². The van der Waals surface area contributed by atoms with Crippen LogP contribution in [0.2, 0.25) is 5.02 Å². The van der Waals surface area contributed by atoms with Crippen molar-refractivity contribution < 1.29 is 9.32 Å². The van der Waals surface area contributed by atoms with Crippen LogP contribution in [-0.4, -0.2) is 47.2 Å². The predicted octanol–water partition coefficient (Wildman–Crippen LogP) is 4.56. The highest BCUT2D eigenvalue weighted by molar-refractivity contribution is 7.98. The van der Waals surface area contributed by atoms with Crippen molar-refractivity contribution in [3.05, 3.63) is 65.4 Å². The van der Waals surface area contributed by atoms with Crippen molar-refractivity contribution in [2.75, 3.05) is 6.54 Å². The maximum atomic E-state index is 12.5. The molecule has 4 heterocycles. The molecule has 9 nitrogen and oxygen atoms in total. The van der Waals surface area contributed by atoms with Crippen molar-refractivity contribution in [3.63, 3.8) is 0 Å². The van der Waals surface area contributed by atoms with Gasteiger partial charge in [-0.2, -0.15) is 4.98 Å². The van der Waals surface area contributed by atoms with Crippen molar-refractivity contribution in [2.45, 2.75) is 43.1 Å². The molecule has 0 unspecified atom stereocenters. The van der Waals surface area contributed by atoms with E-state index in [4.69, 9.17) is 16.1 Å². The Bertz CT molecular complexity index is 1260. The Balaban J connectivity index is 1.36. The van der Waals surface area contributed by atoms with E-state index in [1.165, 1.54) is 11.8 Å². The van der Waals surface area contributed by atoms with Gasteiger partial charge in [0.25, 0.3) is 0 Å². The Hall–Kier alpha value is -3.24. The number of aromatic nitrogens is 6. The monoisotopic (exact) mass is 495 g/mol. The molecule has 1 aliphatic rings. The van der Waals surface area contributed by atoms with Gasteiger partial charge in [-0.05, 0) is 49.2 Å². The van der Waals surface area contributed by atoms with Crippen molar-refractivity contribution in [2.24, 2.45) is 0 Å². The highest BCUT2D eigenvalue weighted by atomic mass is 35.5. The van der Waals surface area contributed by atoms with Crippen molar-refractivity contribution in [1.82, 2.24) is 34.8 Å². The molecule has 4 aromatic rings. The summed E-state index contributed by atoms with van der Waals surface area (Å²) in [6, 6.07) is 12.9. The average Bonchev–Trinajstić information content (AvgIpc) is 3.44. The smallest absolute Gasteiger partial charge is 0.237 e. The van der Waals surface area contributed by atoms with E-state index in [1.807, 2.05) is 39.8 Å². The first kappa shape index (κ1) is 22.5. The Morgan fingerprint density at radius 2 is 1.94 bits per heavy atom. The van der Waals surface area contributed by atoms with Gasteiger partial charge in [0.15, 0.2) is 11.0 Å². The van der Waals surface area contributed by atoms with Crippen molar-refractivity contribution in [3.8, 4) is 17.2 Å². The minimum Gasteiger partial charge on any atom is -0.338 e. The van der Waals surface area contributed by atoms with Gasteiger partial charge in [-0.15, -0.1) is 10.2 Å². The van der Waals surface area contributed by atoms with Crippen LogP contribution in [0.4, 0.5) is 0 Å². The molecule has 0 N–H and O–H groups in total. The Morgan fingerprint density at radius 1 is 1.06 bits per heavy atom. The molecule has 0 saturated carbocycles. The molecule has 11 heteroatoms. The number of amides is 1. The van der Waals surface area contributed by atoms with Crippen LogP contribution in [-0.2, 0) is 17.1 Å². The average molecular weight is 496 g/mol. The van der Waals surface area contributed by atoms with E-state index in [-0.39, 0.29) is 5.91 Å². The summed E-state index contributed by atoms with van der Waals surface area (Å²) >= 11 is 7.38. The molecule has 1 amide bonds. The zero-order valence-electron chi connectivity index (χ0n) is 18.3. The summed E-state index contributed by atoms with van der Waals surface area (Å²) in [4.78, 5) is 23.4. The largest absolute Gasteiger partial charge is 0.338 e. The Morgan fingerprint density at radius 3 is 2.76 bits per heavy atom. The summed E-state index contributed by atoms with van der Waals surface area (Å²) in [5, 5.41) is 14.1. The number of likely N-dealkylation sites (tertiary alicyclic amines) is 1. The first-order chi connectivity index (χ1) is 16.7. The number of benzene rings is 1. The Kier molecular flexibility index (Phi) is 6.87. The van der Waals surface area contributed by atoms with Crippen LogP contribution >= 0.6 is 23.4 Å². The highest BCUT2D eigenvalue weighted by Crippen LogP contribution is 2.26. The third-order valence-electron chi connectivity index (χ3n) is 5.48. The van der Waals surface area contributed by atoms with E-state index in [1.54, 1.807) is 18.3 Å². The van der Waals surface area contributed by atoms with Crippen LogP contribution in [0.15, 0.2) is 58.3 Å². The molecule has 0 atom stereocenters. The van der Waals surface area contributed by atoms with Crippen LogP contribution < -0.4 is 0 Å². The van der Waals surface area contributed by atoms with Gasteiger partial charge in [-0.25, -0.2) is 4.98 Å². The van der Waals surface area contributed by atoms with Gasteiger partial charge >= 0.3 is 0 Å². The number of thioether (sulfide) groups is 1. The number of pyridine rings is 1. The molecule has 0 radical (unpaired) electrons. The van der Waals surface area contributed by atoms with E-state index in [0.717, 1.165) is 31.4 Å². The van der Waals surface area contributed by atoms with E-state index in [0.29, 0.717) is 52.3 Å². The number of carbonyl (C=O) groups is 1. The summed E-state index contributed by atoms with van der Waals surface area (Å²) in [5.74, 6) is 2.90. The second kappa shape index (κ2) is 10.4. The quantitative estimate of drug-likeness (QED) is 0.344. The van der Waals surface area contributed by atoms with Gasteiger partial charge in [-0.3, -0.25) is 9.36 Å². The molecule has 1 saturated heterocycles. The van der Waals surface area contributed by atoms with Crippen LogP contribution in [0, 0.1) is 0 Å². The molecule has 0 spiro atoms. The molecule has 3 aromatic heterocycles. The van der Waals surface area contributed by atoms with Gasteiger partial charge in [0.05, 0.1) is 12.3 Å². The van der Waals surface area contributed by atoms with Crippen LogP contribution in [0.5, 0.6) is 0 Å². The number of carbonyl (C=O) groups excluding carboxylic acids is 1. The third kappa shape index (κ3) is 5.13. The lowest BCUT2D eigenvalue weighted by molar-refractivity contribution is -0.131. The van der Waals surface area contributed by atoms with Gasteiger partial charge in [0, 0.05) is 29.7 Å². The number of halogens is 1. The fraction of sp³-hybridized carbons (Fsp3) is 0.304. The molecule has 1 fully saturated rings. The predicted molar refractivity (Wildman–Crippen MR) is 127 cm³/mol. The normalized spacial score (nSPS) is 14.4. The molecule has 0 aliphatic carbocycles. The molecule has 34 heavy (non-hydrogen) atoms. The van der Waals surface area contributed by atoms with Gasteiger partial charge in [0.1, 0.15) is 5.82 Å². The minimum absolute atomic E-state index is 0.155. The van der Waals surface area contributed by atoms with Crippen molar-refractivity contribution in [1.29, 1.82) is 0 Å². The zero-order chi connectivity index (χ0) is 23.3. The summed E-state index contributed by atoms with van der Waals surface area (Å²) < 4.78 is 7.32. The van der Waals surface area contributed by atoms with E-state index in [9.17, 15) is 4.79 Å². The summed E-state index contributed by atoms with van der Waals surface area (Å²) in [5.41, 5.74) is 0.824. The molecule has 0 bridgehead atoms. The lowest BCUT2D eigenvalue weighted by Gasteiger charge is -2.20. The number of hydrogen-bond donors (Lipinski definition) is 0. The second-order valence-electron chi connectivity index (χ2n) is 7.86. The summed E-state index contributed by atoms with van der Waals surface area (Å²) in [6.07, 6.45) is 5.30. The zero-order valence-corrected chi connectivity index (χ0v) is 19.9. The first-order valence-electron chi connectivity index (χ1n) is 11.0. The summed E-state index contributed by atoms with van der Waals surface area (Å²) in [6.45, 7) is 1.12. The topological polar surface area (TPSA) is 103 Å². The van der Waals surface area contributed by atoms with Gasteiger partial charge in [0.2, 0.25) is 17.6 Å². The van der Waals surface area contributed by atoms with Gasteiger partial charge in [-0.1, -0.05) is 41.0 Å². The molecule has 5 rings (SSSR count). The second-order valence-corrected chi connectivity index (χ2v) is 9.23. The van der Waals surface area contributed by atoms with Crippen LogP contribution in [0.3, 0.4) is 0 Å². The van der Waals surface area contributed by atoms with Gasteiger partial charge < -0.3 is 9.42 Å². The number of rotatable bonds is 7. The lowest BCUT2D eigenvalue weighted by atomic mass is 10.2. The maximum absolute atomic E-state index is 12.5. The number of hydrogen-bond acceptors (Lipinski definition) is 8. The molecule has 174 valence electrons. The highest BCUT2D eigenvalue weighted by Gasteiger charge is 2.23. The van der Waals surface area contributed by atoms with Crippen LogP contribution in [0.1, 0.15) is 37.4 Å². The first-order valence-corrected chi connectivity index (χ1v) is 12.4. The molecule has 1 aliphatic heterocycles. The fourth-order valence-corrected chi connectivity index (χ4v) is 4.67. The standard InChI is InChI=1S/C23H22ClN7O2S/c24-17-10-8-16(9-11-17)22-26-20(33-29-22)15-34-23-28-27-19(31(23)18-6-3-4-12-25-18)14-30-13-5-1-2-7-21(30)32/h3-4,6,8-12H,1-2,5,7,13-15H2. The molecule has 1 aromatic carbocycles. The number of nitrogens with zero attached hydrogens (tertiary/aromatic N) is 7. The molecular formula is C23H22ClN7O2S. The van der Waals surface area contributed by atoms with E-state index in [2.05, 4.69) is 25.3 Å².